The highest BCUT2D eigenvalue weighted by Gasteiger charge is 2.10. The van der Waals surface area contributed by atoms with Crippen LogP contribution in [0.25, 0.3) is 0 Å². The number of carbonyl (C=O) groups excluding carboxylic acids is 1. The van der Waals surface area contributed by atoms with Gasteiger partial charge in [-0.1, -0.05) is 0 Å². The summed E-state index contributed by atoms with van der Waals surface area (Å²) in [7, 11) is 0. The number of rotatable bonds is 2. The number of aromatic nitrogens is 1. The third-order valence-corrected chi connectivity index (χ3v) is 2.45. The fourth-order valence-electron chi connectivity index (χ4n) is 0.822. The minimum atomic E-state index is -0.171. The molecular weight excluding hydrogens is 300 g/mol. The molecule has 0 aliphatic carbocycles. The summed E-state index contributed by atoms with van der Waals surface area (Å²) >= 11 is 6.46. The first-order valence-electron chi connectivity index (χ1n) is 3.75. The maximum absolute atomic E-state index is 11.4. The van der Waals surface area contributed by atoms with Crippen molar-refractivity contribution < 1.29 is 4.79 Å². The quantitative estimate of drug-likeness (QED) is 0.852. The van der Waals surface area contributed by atoms with Gasteiger partial charge in [0.05, 0.1) is 0 Å². The lowest BCUT2D eigenvalue weighted by Crippen LogP contribution is -2.24. The Hall–Kier alpha value is -0.420. The van der Waals surface area contributed by atoms with E-state index in [1.165, 1.54) is 0 Å². The fourth-order valence-corrected chi connectivity index (χ4v) is 1.53. The van der Waals surface area contributed by atoms with Crippen molar-refractivity contribution in [2.24, 2.45) is 0 Å². The van der Waals surface area contributed by atoms with E-state index in [0.717, 1.165) is 0 Å². The second kappa shape index (κ2) is 4.72. The van der Waals surface area contributed by atoms with E-state index in [1.54, 1.807) is 12.1 Å². The summed E-state index contributed by atoms with van der Waals surface area (Å²) in [5.41, 5.74) is 0.399. The van der Waals surface area contributed by atoms with Crippen LogP contribution in [0.15, 0.2) is 21.2 Å². The highest BCUT2D eigenvalue weighted by molar-refractivity contribution is 9.11. The first-order chi connectivity index (χ1) is 6.15. The van der Waals surface area contributed by atoms with Crippen LogP contribution in [0.1, 0.15) is 17.4 Å². The first kappa shape index (κ1) is 10.7. The summed E-state index contributed by atoms with van der Waals surface area (Å²) in [6.45, 7) is 2.46. The molecule has 1 aromatic heterocycles. The van der Waals surface area contributed by atoms with Crippen molar-refractivity contribution in [3.05, 3.63) is 26.9 Å². The lowest BCUT2D eigenvalue weighted by atomic mass is 10.3. The van der Waals surface area contributed by atoms with Gasteiger partial charge in [-0.15, -0.1) is 0 Å². The second-order valence-corrected chi connectivity index (χ2v) is 3.99. The molecule has 0 atom stereocenters. The summed E-state index contributed by atoms with van der Waals surface area (Å²) in [4.78, 5) is 15.4. The highest BCUT2D eigenvalue weighted by Crippen LogP contribution is 2.17. The topological polar surface area (TPSA) is 42.0 Å². The Morgan fingerprint density at radius 3 is 2.85 bits per heavy atom. The molecule has 0 saturated heterocycles. The van der Waals surface area contributed by atoms with E-state index in [-0.39, 0.29) is 5.91 Å². The lowest BCUT2D eigenvalue weighted by molar-refractivity contribution is 0.0950. The molecule has 13 heavy (non-hydrogen) atoms. The Bertz CT molecular complexity index is 328. The number of hydrogen-bond donors (Lipinski definition) is 1. The van der Waals surface area contributed by atoms with Crippen molar-refractivity contribution in [2.45, 2.75) is 6.92 Å². The standard InChI is InChI=1S/C8H8Br2N2O/c1-2-11-8(13)7-5(9)3-4-6(10)12-7/h3-4H,2H2,1H3,(H,11,13). The van der Waals surface area contributed by atoms with Gasteiger partial charge in [0.1, 0.15) is 10.3 Å². The molecule has 0 aromatic carbocycles. The van der Waals surface area contributed by atoms with Crippen LogP contribution >= 0.6 is 31.9 Å². The number of nitrogens with zero attached hydrogens (tertiary/aromatic N) is 1. The van der Waals surface area contributed by atoms with Crippen LogP contribution in [0.2, 0.25) is 0 Å². The number of hydrogen-bond acceptors (Lipinski definition) is 2. The molecule has 1 heterocycles. The van der Waals surface area contributed by atoms with Crippen LogP contribution in [0.4, 0.5) is 0 Å². The Balaban J connectivity index is 2.99. The Kier molecular flexibility index (Phi) is 3.87. The van der Waals surface area contributed by atoms with Gasteiger partial charge in [-0.05, 0) is 50.9 Å². The van der Waals surface area contributed by atoms with Crippen molar-refractivity contribution >= 4 is 37.8 Å². The molecule has 0 saturated carbocycles. The number of halogens is 2. The Morgan fingerprint density at radius 1 is 1.54 bits per heavy atom. The summed E-state index contributed by atoms with van der Waals surface area (Å²) in [5.74, 6) is -0.171. The molecule has 5 heteroatoms. The number of amides is 1. The van der Waals surface area contributed by atoms with Crippen molar-refractivity contribution in [1.82, 2.24) is 10.3 Å². The second-order valence-electron chi connectivity index (χ2n) is 2.32. The number of nitrogens with one attached hydrogen (secondary N) is 1. The smallest absolute Gasteiger partial charge is 0.271 e. The Morgan fingerprint density at radius 2 is 2.23 bits per heavy atom. The van der Waals surface area contributed by atoms with E-state index in [0.29, 0.717) is 21.3 Å². The predicted octanol–water partition coefficient (Wildman–Crippen LogP) is 2.36. The normalized spacial score (nSPS) is 9.77. The lowest BCUT2D eigenvalue weighted by Gasteiger charge is -2.03. The summed E-state index contributed by atoms with van der Waals surface area (Å²) < 4.78 is 1.35. The van der Waals surface area contributed by atoms with E-state index in [9.17, 15) is 4.79 Å². The third kappa shape index (κ3) is 2.77. The van der Waals surface area contributed by atoms with Gasteiger partial charge in [0, 0.05) is 11.0 Å². The van der Waals surface area contributed by atoms with Crippen LogP contribution in [0, 0.1) is 0 Å². The SMILES string of the molecule is CCNC(=O)c1nc(Br)ccc1Br. The first-order valence-corrected chi connectivity index (χ1v) is 5.34. The molecule has 0 aliphatic rings. The average molecular weight is 308 g/mol. The van der Waals surface area contributed by atoms with Crippen LogP contribution in [-0.2, 0) is 0 Å². The largest absolute Gasteiger partial charge is 0.351 e. The zero-order valence-electron chi connectivity index (χ0n) is 6.97. The zero-order chi connectivity index (χ0) is 9.84. The van der Waals surface area contributed by atoms with E-state index >= 15 is 0 Å². The summed E-state index contributed by atoms with van der Waals surface area (Å²) in [6.07, 6.45) is 0. The molecule has 0 fully saturated rings. The third-order valence-electron chi connectivity index (χ3n) is 1.36. The molecule has 1 N–H and O–H groups in total. The van der Waals surface area contributed by atoms with Gasteiger partial charge >= 0.3 is 0 Å². The van der Waals surface area contributed by atoms with Gasteiger partial charge in [-0.3, -0.25) is 4.79 Å². The molecule has 0 radical (unpaired) electrons. The van der Waals surface area contributed by atoms with Gasteiger partial charge in [-0.2, -0.15) is 0 Å². The van der Waals surface area contributed by atoms with Crippen LogP contribution < -0.4 is 5.32 Å². The zero-order valence-corrected chi connectivity index (χ0v) is 10.1. The summed E-state index contributed by atoms with van der Waals surface area (Å²) in [5, 5.41) is 2.68. The molecule has 0 bridgehead atoms. The molecule has 1 rings (SSSR count). The van der Waals surface area contributed by atoms with Crippen LogP contribution in [0.3, 0.4) is 0 Å². The van der Waals surface area contributed by atoms with Gasteiger partial charge < -0.3 is 5.32 Å². The minimum absolute atomic E-state index is 0.171. The molecule has 0 unspecified atom stereocenters. The summed E-state index contributed by atoms with van der Waals surface area (Å²) in [6, 6.07) is 3.55. The average Bonchev–Trinajstić information content (AvgIpc) is 2.09. The van der Waals surface area contributed by atoms with Crippen molar-refractivity contribution in [2.75, 3.05) is 6.54 Å². The van der Waals surface area contributed by atoms with Gasteiger partial charge in [0.2, 0.25) is 0 Å². The van der Waals surface area contributed by atoms with E-state index in [4.69, 9.17) is 0 Å². The molecule has 0 aliphatic heterocycles. The van der Waals surface area contributed by atoms with E-state index < -0.39 is 0 Å². The van der Waals surface area contributed by atoms with Crippen molar-refractivity contribution in [3.63, 3.8) is 0 Å². The van der Waals surface area contributed by atoms with Crippen molar-refractivity contribution in [3.8, 4) is 0 Å². The predicted molar refractivity (Wildman–Crippen MR) is 57.6 cm³/mol. The minimum Gasteiger partial charge on any atom is -0.351 e. The maximum Gasteiger partial charge on any atom is 0.271 e. The van der Waals surface area contributed by atoms with Gasteiger partial charge in [0.15, 0.2) is 0 Å². The monoisotopic (exact) mass is 306 g/mol. The maximum atomic E-state index is 11.4. The van der Waals surface area contributed by atoms with Crippen LogP contribution in [0.5, 0.6) is 0 Å². The molecule has 0 spiro atoms. The Labute approximate surface area is 93.2 Å². The van der Waals surface area contributed by atoms with Crippen molar-refractivity contribution in [1.29, 1.82) is 0 Å². The van der Waals surface area contributed by atoms with Gasteiger partial charge in [0.25, 0.3) is 5.91 Å². The molecule has 70 valence electrons. The highest BCUT2D eigenvalue weighted by atomic mass is 79.9. The van der Waals surface area contributed by atoms with Gasteiger partial charge in [-0.25, -0.2) is 4.98 Å². The van der Waals surface area contributed by atoms with E-state index in [1.807, 2.05) is 6.92 Å². The number of pyridine rings is 1. The molecule has 1 aromatic rings. The fraction of sp³-hybridized carbons (Fsp3) is 0.250. The molecule has 1 amide bonds. The molecular formula is C8H8Br2N2O. The van der Waals surface area contributed by atoms with Crippen LogP contribution in [-0.4, -0.2) is 17.4 Å². The number of carbonyl (C=O) groups is 1. The molecule has 3 nitrogen and oxygen atoms in total. The van der Waals surface area contributed by atoms with E-state index in [2.05, 4.69) is 42.2 Å².